The van der Waals surface area contributed by atoms with Gasteiger partial charge in [-0.1, -0.05) is 49.6 Å². The first-order valence-electron chi connectivity index (χ1n) is 10.4. The van der Waals surface area contributed by atoms with Crippen LogP contribution in [-0.4, -0.2) is 41.0 Å². The lowest BCUT2D eigenvalue weighted by molar-refractivity contribution is 0.0286. The van der Waals surface area contributed by atoms with Crippen LogP contribution >= 0.6 is 0 Å². The lowest BCUT2D eigenvalue weighted by Crippen LogP contribution is -2.37. The maximum absolute atomic E-state index is 13.1. The van der Waals surface area contributed by atoms with Gasteiger partial charge in [0.15, 0.2) is 0 Å². The Morgan fingerprint density at radius 1 is 1.00 bits per heavy atom. The predicted molar refractivity (Wildman–Crippen MR) is 110 cm³/mol. The van der Waals surface area contributed by atoms with Gasteiger partial charge in [0, 0.05) is 6.61 Å². The first-order valence-corrected chi connectivity index (χ1v) is 10.4. The van der Waals surface area contributed by atoms with Crippen molar-refractivity contribution in [3.05, 3.63) is 70.8 Å². The van der Waals surface area contributed by atoms with Crippen molar-refractivity contribution in [3.63, 3.8) is 0 Å². The second kappa shape index (κ2) is 8.79. The number of carbonyl (C=O) groups is 3. The number of imide groups is 1. The molecule has 1 aliphatic heterocycles. The number of carbonyl (C=O) groups excluding carboxylic acids is 2. The summed E-state index contributed by atoms with van der Waals surface area (Å²) in [5.74, 6) is -1.50. The van der Waals surface area contributed by atoms with Crippen LogP contribution < -0.4 is 0 Å². The van der Waals surface area contributed by atoms with Crippen LogP contribution in [0.2, 0.25) is 0 Å². The van der Waals surface area contributed by atoms with Crippen molar-refractivity contribution in [2.45, 2.75) is 38.1 Å². The Balaban J connectivity index is 1.57. The number of benzene rings is 2. The van der Waals surface area contributed by atoms with Gasteiger partial charge in [-0.25, -0.2) is 4.79 Å². The van der Waals surface area contributed by atoms with E-state index in [2.05, 4.69) is 0 Å². The summed E-state index contributed by atoms with van der Waals surface area (Å²) in [4.78, 5) is 38.7. The minimum absolute atomic E-state index is 0.0124. The van der Waals surface area contributed by atoms with E-state index in [4.69, 9.17) is 4.74 Å². The van der Waals surface area contributed by atoms with E-state index < -0.39 is 23.8 Å². The van der Waals surface area contributed by atoms with Gasteiger partial charge in [0.1, 0.15) is 0 Å². The van der Waals surface area contributed by atoms with Gasteiger partial charge in [-0.3, -0.25) is 14.5 Å². The summed E-state index contributed by atoms with van der Waals surface area (Å²) in [6.45, 7) is 0.841. The molecule has 0 saturated heterocycles. The molecule has 2 aliphatic rings. The molecule has 1 aliphatic carbocycles. The van der Waals surface area contributed by atoms with Gasteiger partial charge in [0.2, 0.25) is 0 Å². The third kappa shape index (κ3) is 4.00. The first kappa shape index (κ1) is 20.3. The molecule has 6 nitrogen and oxygen atoms in total. The van der Waals surface area contributed by atoms with Crippen LogP contribution in [0.5, 0.6) is 0 Å². The van der Waals surface area contributed by atoms with Gasteiger partial charge >= 0.3 is 5.97 Å². The molecule has 0 unspecified atom stereocenters. The molecule has 1 fully saturated rings. The molecule has 6 heteroatoms. The van der Waals surface area contributed by atoms with Gasteiger partial charge in [-0.15, -0.1) is 0 Å². The molecule has 1 N–H and O–H groups in total. The highest BCUT2D eigenvalue weighted by Crippen LogP contribution is 2.33. The van der Waals surface area contributed by atoms with Gasteiger partial charge in [-0.2, -0.15) is 0 Å². The Labute approximate surface area is 175 Å². The van der Waals surface area contributed by atoms with E-state index in [9.17, 15) is 19.5 Å². The maximum Gasteiger partial charge on any atom is 0.335 e. The van der Waals surface area contributed by atoms with E-state index in [1.807, 2.05) is 30.3 Å². The van der Waals surface area contributed by atoms with Gasteiger partial charge in [0.25, 0.3) is 11.8 Å². The SMILES string of the molecule is O=C(O)c1ccc2c(c1)C(=O)N([C@@H](COCC1CCCCC1)c1ccccc1)C2=O. The molecule has 1 atom stereocenters. The molecule has 1 heterocycles. The molecule has 2 aromatic rings. The fourth-order valence-electron chi connectivity index (χ4n) is 4.37. The van der Waals surface area contributed by atoms with Crippen LogP contribution in [-0.2, 0) is 4.74 Å². The van der Waals surface area contributed by atoms with E-state index in [-0.39, 0.29) is 23.3 Å². The quantitative estimate of drug-likeness (QED) is 0.691. The standard InChI is InChI=1S/C24H25NO5/c26-22-19-12-11-18(24(28)29)13-20(19)23(27)25(22)21(17-9-5-2-6-10-17)15-30-14-16-7-3-1-4-8-16/h2,5-6,9-13,16,21H,1,3-4,7-8,14-15H2,(H,28,29)/t21-/m0/s1. The molecule has 156 valence electrons. The fourth-order valence-corrected chi connectivity index (χ4v) is 4.37. The molecule has 0 radical (unpaired) electrons. The zero-order valence-corrected chi connectivity index (χ0v) is 16.8. The van der Waals surface area contributed by atoms with Gasteiger partial charge in [0.05, 0.1) is 29.3 Å². The number of carboxylic acids is 1. The lowest BCUT2D eigenvalue weighted by atomic mass is 9.90. The zero-order chi connectivity index (χ0) is 21.1. The summed E-state index contributed by atoms with van der Waals surface area (Å²) in [6, 6.07) is 12.9. The van der Waals surface area contributed by atoms with Gasteiger partial charge < -0.3 is 9.84 Å². The molecule has 4 rings (SSSR count). The van der Waals surface area contributed by atoms with Crippen LogP contribution in [0.4, 0.5) is 0 Å². The van der Waals surface area contributed by atoms with Crippen LogP contribution in [0.3, 0.4) is 0 Å². The molecule has 0 bridgehead atoms. The van der Waals surface area contributed by atoms with Crippen molar-refractivity contribution in [2.24, 2.45) is 5.92 Å². The largest absolute Gasteiger partial charge is 0.478 e. The number of aromatic carboxylic acids is 1. The lowest BCUT2D eigenvalue weighted by Gasteiger charge is -2.28. The highest BCUT2D eigenvalue weighted by molar-refractivity contribution is 6.22. The Morgan fingerprint density at radius 2 is 1.70 bits per heavy atom. The number of fused-ring (bicyclic) bond motifs is 1. The molecular formula is C24H25NO5. The Bertz CT molecular complexity index is 949. The molecule has 2 amide bonds. The van der Waals surface area contributed by atoms with Crippen molar-refractivity contribution in [1.82, 2.24) is 4.90 Å². The van der Waals surface area contributed by atoms with E-state index in [1.165, 1.54) is 42.4 Å². The van der Waals surface area contributed by atoms with Crippen molar-refractivity contribution in [1.29, 1.82) is 0 Å². The number of rotatable bonds is 7. The summed E-state index contributed by atoms with van der Waals surface area (Å²) in [6.07, 6.45) is 6.03. The Morgan fingerprint density at radius 3 is 2.40 bits per heavy atom. The van der Waals surface area contributed by atoms with E-state index >= 15 is 0 Å². The Hall–Kier alpha value is -2.99. The minimum Gasteiger partial charge on any atom is -0.478 e. The average molecular weight is 407 g/mol. The minimum atomic E-state index is -1.13. The Kier molecular flexibility index (Phi) is 5.95. The fraction of sp³-hybridized carbons (Fsp3) is 0.375. The first-order chi connectivity index (χ1) is 14.6. The smallest absolute Gasteiger partial charge is 0.335 e. The van der Waals surface area contributed by atoms with Crippen LogP contribution in [0.1, 0.15) is 74.8 Å². The summed E-state index contributed by atoms with van der Waals surface area (Å²) in [5, 5.41) is 9.23. The summed E-state index contributed by atoms with van der Waals surface area (Å²) in [5.41, 5.74) is 1.17. The molecule has 2 aromatic carbocycles. The average Bonchev–Trinajstić information content (AvgIpc) is 3.02. The number of hydrogen-bond donors (Lipinski definition) is 1. The molecule has 0 spiro atoms. The number of carboxylic acid groups (broad SMARTS) is 1. The van der Waals surface area contributed by atoms with Crippen LogP contribution in [0, 0.1) is 5.92 Å². The number of ether oxygens (including phenoxy) is 1. The number of nitrogens with zero attached hydrogens (tertiary/aromatic N) is 1. The summed E-state index contributed by atoms with van der Waals surface area (Å²) >= 11 is 0. The maximum atomic E-state index is 13.1. The third-order valence-corrected chi connectivity index (χ3v) is 6.01. The molecular weight excluding hydrogens is 382 g/mol. The van der Waals surface area contributed by atoms with E-state index in [0.717, 1.165) is 18.4 Å². The highest BCUT2D eigenvalue weighted by Gasteiger charge is 2.41. The normalized spacial score (nSPS) is 17.8. The van der Waals surface area contributed by atoms with Crippen LogP contribution in [0.15, 0.2) is 48.5 Å². The molecule has 0 aromatic heterocycles. The summed E-state index contributed by atoms with van der Waals surface area (Å²) < 4.78 is 6.02. The topological polar surface area (TPSA) is 83.9 Å². The van der Waals surface area contributed by atoms with Gasteiger partial charge in [-0.05, 0) is 42.5 Å². The zero-order valence-electron chi connectivity index (χ0n) is 16.8. The monoisotopic (exact) mass is 407 g/mol. The van der Waals surface area contributed by atoms with Crippen molar-refractivity contribution >= 4 is 17.8 Å². The number of amides is 2. The highest BCUT2D eigenvalue weighted by atomic mass is 16.5. The summed E-state index contributed by atoms with van der Waals surface area (Å²) in [7, 11) is 0. The number of hydrogen-bond acceptors (Lipinski definition) is 4. The predicted octanol–water partition coefficient (Wildman–Crippen LogP) is 4.32. The van der Waals surface area contributed by atoms with E-state index in [1.54, 1.807) is 0 Å². The van der Waals surface area contributed by atoms with Crippen molar-refractivity contribution < 1.29 is 24.2 Å². The van der Waals surface area contributed by atoms with E-state index in [0.29, 0.717) is 12.5 Å². The molecule has 1 saturated carbocycles. The molecule has 30 heavy (non-hydrogen) atoms. The second-order valence-electron chi connectivity index (χ2n) is 8.01. The van der Waals surface area contributed by atoms with Crippen molar-refractivity contribution in [3.8, 4) is 0 Å². The second-order valence-corrected chi connectivity index (χ2v) is 8.01. The third-order valence-electron chi connectivity index (χ3n) is 6.01. The van der Waals surface area contributed by atoms with Crippen molar-refractivity contribution in [2.75, 3.05) is 13.2 Å². The van der Waals surface area contributed by atoms with Crippen LogP contribution in [0.25, 0.3) is 0 Å².